The average Bonchev–Trinajstić information content (AvgIpc) is 2.34. The molecule has 0 radical (unpaired) electrons. The second kappa shape index (κ2) is 5.08. The first-order valence-corrected chi connectivity index (χ1v) is 5.07. The van der Waals surface area contributed by atoms with Crippen molar-refractivity contribution >= 4 is 5.97 Å². The van der Waals surface area contributed by atoms with Crippen LogP contribution in [0.1, 0.15) is 34.0 Å². The molecule has 0 spiro atoms. The number of carbonyl (C=O) groups is 1. The van der Waals surface area contributed by atoms with E-state index in [-0.39, 0.29) is 23.1 Å². The summed E-state index contributed by atoms with van der Waals surface area (Å²) in [6.07, 6.45) is -4.59. The summed E-state index contributed by atoms with van der Waals surface area (Å²) >= 11 is 0. The Morgan fingerprint density at radius 1 is 1.44 bits per heavy atom. The van der Waals surface area contributed by atoms with Crippen LogP contribution in [-0.2, 0) is 17.3 Å². The fraction of sp³-hybridized carbons (Fsp3) is 0.333. The molecule has 0 amide bonds. The summed E-state index contributed by atoms with van der Waals surface area (Å²) in [4.78, 5) is 11.4. The van der Waals surface area contributed by atoms with Gasteiger partial charge in [0.15, 0.2) is 0 Å². The SMILES string of the molecule is CCc1c(C(=O)OC)cc(C#N)cc1C(F)(F)F. The van der Waals surface area contributed by atoms with E-state index in [2.05, 4.69) is 4.74 Å². The van der Waals surface area contributed by atoms with Crippen LogP contribution in [0.2, 0.25) is 0 Å². The molecule has 1 aromatic carbocycles. The number of carbonyl (C=O) groups excluding carboxylic acids is 1. The molecule has 96 valence electrons. The lowest BCUT2D eigenvalue weighted by molar-refractivity contribution is -0.138. The van der Waals surface area contributed by atoms with Gasteiger partial charge in [-0.1, -0.05) is 6.92 Å². The van der Waals surface area contributed by atoms with Gasteiger partial charge >= 0.3 is 12.1 Å². The molecule has 0 unspecified atom stereocenters. The zero-order chi connectivity index (χ0) is 13.9. The predicted molar refractivity (Wildman–Crippen MR) is 56.9 cm³/mol. The number of benzene rings is 1. The van der Waals surface area contributed by atoms with E-state index < -0.39 is 17.7 Å². The number of nitriles is 1. The summed E-state index contributed by atoms with van der Waals surface area (Å²) in [7, 11) is 1.08. The Bertz CT molecular complexity index is 515. The zero-order valence-corrected chi connectivity index (χ0v) is 9.76. The maximum absolute atomic E-state index is 12.8. The zero-order valence-electron chi connectivity index (χ0n) is 9.76. The van der Waals surface area contributed by atoms with E-state index >= 15 is 0 Å². The Morgan fingerprint density at radius 3 is 2.44 bits per heavy atom. The number of alkyl halides is 3. The number of nitrogens with zero attached hydrogens (tertiary/aromatic N) is 1. The maximum Gasteiger partial charge on any atom is 0.416 e. The van der Waals surface area contributed by atoms with E-state index in [9.17, 15) is 18.0 Å². The molecule has 6 heteroatoms. The van der Waals surface area contributed by atoms with Crippen molar-refractivity contribution in [2.75, 3.05) is 7.11 Å². The molecular weight excluding hydrogens is 247 g/mol. The first-order chi connectivity index (χ1) is 8.35. The molecule has 1 aromatic rings. The van der Waals surface area contributed by atoms with E-state index in [1.54, 1.807) is 6.07 Å². The van der Waals surface area contributed by atoms with Gasteiger partial charge in [-0.3, -0.25) is 0 Å². The summed E-state index contributed by atoms with van der Waals surface area (Å²) in [6.45, 7) is 1.50. The van der Waals surface area contributed by atoms with Crippen LogP contribution < -0.4 is 0 Å². The highest BCUT2D eigenvalue weighted by Crippen LogP contribution is 2.34. The van der Waals surface area contributed by atoms with Gasteiger partial charge in [0, 0.05) is 0 Å². The molecule has 0 aliphatic rings. The van der Waals surface area contributed by atoms with Crippen LogP contribution in [0.5, 0.6) is 0 Å². The van der Waals surface area contributed by atoms with Gasteiger partial charge < -0.3 is 4.74 Å². The molecule has 0 heterocycles. The second-order valence-corrected chi connectivity index (χ2v) is 3.50. The summed E-state index contributed by atoms with van der Waals surface area (Å²) < 4.78 is 42.9. The third kappa shape index (κ3) is 2.62. The summed E-state index contributed by atoms with van der Waals surface area (Å²) in [5.74, 6) is -0.880. The minimum atomic E-state index is -4.61. The number of hydrogen-bond donors (Lipinski definition) is 0. The van der Waals surface area contributed by atoms with E-state index in [0.29, 0.717) is 0 Å². The fourth-order valence-electron chi connectivity index (χ4n) is 1.66. The molecule has 0 saturated carbocycles. The molecule has 0 saturated heterocycles. The number of methoxy groups -OCH3 is 1. The molecule has 0 N–H and O–H groups in total. The minimum absolute atomic E-state index is 0.0188. The smallest absolute Gasteiger partial charge is 0.416 e. The predicted octanol–water partition coefficient (Wildman–Crippen LogP) is 2.93. The van der Waals surface area contributed by atoms with E-state index in [1.165, 1.54) is 6.92 Å². The van der Waals surface area contributed by atoms with Crippen molar-refractivity contribution in [3.63, 3.8) is 0 Å². The highest BCUT2D eigenvalue weighted by Gasteiger charge is 2.35. The maximum atomic E-state index is 12.8. The quantitative estimate of drug-likeness (QED) is 0.765. The highest BCUT2D eigenvalue weighted by atomic mass is 19.4. The van der Waals surface area contributed by atoms with Gasteiger partial charge in [0.1, 0.15) is 0 Å². The van der Waals surface area contributed by atoms with Crippen LogP contribution in [-0.4, -0.2) is 13.1 Å². The van der Waals surface area contributed by atoms with Crippen molar-refractivity contribution in [1.29, 1.82) is 5.26 Å². The Balaban J connectivity index is 3.62. The number of halogens is 3. The van der Waals surface area contributed by atoms with Gasteiger partial charge in [-0.15, -0.1) is 0 Å². The standard InChI is InChI=1S/C12H10F3NO2/c1-3-8-9(11(17)18-2)4-7(6-16)5-10(8)12(13,14)15/h4-5H,3H2,1-2H3. The van der Waals surface area contributed by atoms with Crippen molar-refractivity contribution in [2.45, 2.75) is 19.5 Å². The molecule has 0 bridgehead atoms. The van der Waals surface area contributed by atoms with Crippen LogP contribution in [0.15, 0.2) is 12.1 Å². The third-order valence-corrected chi connectivity index (χ3v) is 2.44. The van der Waals surface area contributed by atoms with Gasteiger partial charge in [-0.05, 0) is 24.1 Å². The monoisotopic (exact) mass is 257 g/mol. The van der Waals surface area contributed by atoms with Crippen LogP contribution in [0, 0.1) is 11.3 Å². The average molecular weight is 257 g/mol. The van der Waals surface area contributed by atoms with Gasteiger partial charge in [0.05, 0.1) is 29.9 Å². The first-order valence-electron chi connectivity index (χ1n) is 5.07. The van der Waals surface area contributed by atoms with Gasteiger partial charge in [0.2, 0.25) is 0 Å². The molecule has 18 heavy (non-hydrogen) atoms. The summed E-state index contributed by atoms with van der Waals surface area (Å²) in [5.41, 5.74) is -1.57. The molecule has 0 aliphatic heterocycles. The van der Waals surface area contributed by atoms with Crippen molar-refractivity contribution in [3.05, 3.63) is 34.4 Å². The lowest BCUT2D eigenvalue weighted by Gasteiger charge is -2.15. The Kier molecular flexibility index (Phi) is 3.96. The molecule has 1 rings (SSSR count). The summed E-state index contributed by atoms with van der Waals surface area (Å²) in [5, 5.41) is 8.70. The topological polar surface area (TPSA) is 50.1 Å². The van der Waals surface area contributed by atoms with Crippen LogP contribution in [0.3, 0.4) is 0 Å². The molecular formula is C12H10F3NO2. The lowest BCUT2D eigenvalue weighted by Crippen LogP contribution is -2.15. The fourth-order valence-corrected chi connectivity index (χ4v) is 1.66. The third-order valence-electron chi connectivity index (χ3n) is 2.44. The van der Waals surface area contributed by atoms with Gasteiger partial charge in [-0.25, -0.2) is 4.79 Å². The van der Waals surface area contributed by atoms with Gasteiger partial charge in [-0.2, -0.15) is 18.4 Å². The normalized spacial score (nSPS) is 10.9. The largest absolute Gasteiger partial charge is 0.465 e. The second-order valence-electron chi connectivity index (χ2n) is 3.50. The number of ether oxygens (including phenoxy) is 1. The first kappa shape index (κ1) is 14.0. The van der Waals surface area contributed by atoms with E-state index in [0.717, 1.165) is 19.2 Å². The van der Waals surface area contributed by atoms with Crippen LogP contribution in [0.4, 0.5) is 13.2 Å². The Labute approximate surface area is 102 Å². The molecule has 0 atom stereocenters. The number of rotatable bonds is 2. The lowest BCUT2D eigenvalue weighted by atomic mass is 9.95. The number of esters is 1. The Hall–Kier alpha value is -2.03. The molecule has 0 aliphatic carbocycles. The molecule has 0 aromatic heterocycles. The highest BCUT2D eigenvalue weighted by molar-refractivity contribution is 5.92. The van der Waals surface area contributed by atoms with E-state index in [4.69, 9.17) is 5.26 Å². The van der Waals surface area contributed by atoms with Crippen LogP contribution in [0.25, 0.3) is 0 Å². The molecule has 3 nitrogen and oxygen atoms in total. The minimum Gasteiger partial charge on any atom is -0.465 e. The van der Waals surface area contributed by atoms with Crippen molar-refractivity contribution in [1.82, 2.24) is 0 Å². The Morgan fingerprint density at radius 2 is 2.06 bits per heavy atom. The van der Waals surface area contributed by atoms with Crippen molar-refractivity contribution in [2.24, 2.45) is 0 Å². The summed E-state index contributed by atoms with van der Waals surface area (Å²) in [6, 6.07) is 3.45. The van der Waals surface area contributed by atoms with Crippen molar-refractivity contribution < 1.29 is 22.7 Å². The van der Waals surface area contributed by atoms with Gasteiger partial charge in [0.25, 0.3) is 0 Å². The molecule has 0 fully saturated rings. The van der Waals surface area contributed by atoms with E-state index in [1.807, 2.05) is 0 Å². The number of hydrogen-bond acceptors (Lipinski definition) is 3. The van der Waals surface area contributed by atoms with Crippen molar-refractivity contribution in [3.8, 4) is 6.07 Å². The van der Waals surface area contributed by atoms with Crippen LogP contribution >= 0.6 is 0 Å².